The zero-order chi connectivity index (χ0) is 21.8. The molecule has 4 rings (SSSR count). The van der Waals surface area contributed by atoms with Crippen molar-refractivity contribution in [3.05, 3.63) is 88.4 Å². The van der Waals surface area contributed by atoms with E-state index in [4.69, 9.17) is 16.3 Å². The SMILES string of the molecule is CC(=O)N1CCCc2cc(NC(=O)c3ccccc3OCc3ccccc3Cl)ccc21. The van der Waals surface area contributed by atoms with E-state index >= 15 is 0 Å². The van der Waals surface area contributed by atoms with E-state index in [-0.39, 0.29) is 18.4 Å². The van der Waals surface area contributed by atoms with Gasteiger partial charge in [0.05, 0.1) is 5.56 Å². The lowest BCUT2D eigenvalue weighted by molar-refractivity contribution is -0.116. The van der Waals surface area contributed by atoms with Gasteiger partial charge < -0.3 is 15.0 Å². The molecule has 0 atom stereocenters. The van der Waals surface area contributed by atoms with Crippen LogP contribution in [0.5, 0.6) is 5.75 Å². The number of benzene rings is 3. The first-order valence-electron chi connectivity index (χ1n) is 10.2. The highest BCUT2D eigenvalue weighted by Gasteiger charge is 2.21. The number of para-hydroxylation sites is 1. The molecule has 1 N–H and O–H groups in total. The van der Waals surface area contributed by atoms with Gasteiger partial charge in [-0.1, -0.05) is 41.9 Å². The number of anilines is 2. The van der Waals surface area contributed by atoms with Crippen molar-refractivity contribution in [3.63, 3.8) is 0 Å². The molecule has 31 heavy (non-hydrogen) atoms. The van der Waals surface area contributed by atoms with Crippen LogP contribution in [0.4, 0.5) is 11.4 Å². The lowest BCUT2D eigenvalue weighted by Gasteiger charge is -2.29. The summed E-state index contributed by atoms with van der Waals surface area (Å²) in [5.41, 5.74) is 3.96. The number of hydrogen-bond acceptors (Lipinski definition) is 3. The minimum absolute atomic E-state index is 0.0299. The molecule has 3 aromatic rings. The van der Waals surface area contributed by atoms with Crippen molar-refractivity contribution in [2.45, 2.75) is 26.4 Å². The van der Waals surface area contributed by atoms with Gasteiger partial charge in [0, 0.05) is 35.4 Å². The molecule has 2 amide bonds. The Morgan fingerprint density at radius 1 is 1.06 bits per heavy atom. The molecule has 0 fully saturated rings. The van der Waals surface area contributed by atoms with E-state index in [1.165, 1.54) is 0 Å². The maximum Gasteiger partial charge on any atom is 0.259 e. The number of carbonyl (C=O) groups excluding carboxylic acids is 2. The summed E-state index contributed by atoms with van der Waals surface area (Å²) >= 11 is 6.20. The molecular formula is C25H23ClN2O3. The van der Waals surface area contributed by atoms with Crippen molar-refractivity contribution in [3.8, 4) is 5.75 Å². The Bertz CT molecular complexity index is 1130. The summed E-state index contributed by atoms with van der Waals surface area (Å²) in [6.45, 7) is 2.57. The maximum atomic E-state index is 13.0. The van der Waals surface area contributed by atoms with Gasteiger partial charge in [0.1, 0.15) is 12.4 Å². The predicted molar refractivity (Wildman–Crippen MR) is 123 cm³/mol. The molecule has 6 heteroatoms. The van der Waals surface area contributed by atoms with Gasteiger partial charge in [-0.15, -0.1) is 0 Å². The molecule has 0 radical (unpaired) electrons. The van der Waals surface area contributed by atoms with Gasteiger partial charge in [-0.2, -0.15) is 0 Å². The Morgan fingerprint density at radius 2 is 1.84 bits per heavy atom. The van der Waals surface area contributed by atoms with Crippen LogP contribution in [0.3, 0.4) is 0 Å². The van der Waals surface area contributed by atoms with Crippen molar-refractivity contribution in [2.75, 3.05) is 16.8 Å². The van der Waals surface area contributed by atoms with Gasteiger partial charge in [-0.05, 0) is 54.8 Å². The summed E-state index contributed by atoms with van der Waals surface area (Å²) in [5, 5.41) is 3.58. The van der Waals surface area contributed by atoms with Gasteiger partial charge in [0.2, 0.25) is 5.91 Å². The standard InChI is InChI=1S/C25H23ClN2O3/c1-17(29)28-14-6-8-18-15-20(12-13-23(18)28)27-25(30)21-9-3-5-11-24(21)31-16-19-7-2-4-10-22(19)26/h2-5,7,9-13,15H,6,8,14,16H2,1H3,(H,27,30). The maximum absolute atomic E-state index is 13.0. The van der Waals surface area contributed by atoms with Crippen molar-refractivity contribution in [2.24, 2.45) is 0 Å². The first kappa shape index (κ1) is 20.9. The van der Waals surface area contributed by atoms with Crippen LogP contribution in [0.15, 0.2) is 66.7 Å². The van der Waals surface area contributed by atoms with Gasteiger partial charge in [0.25, 0.3) is 5.91 Å². The molecule has 0 aromatic heterocycles. The fraction of sp³-hybridized carbons (Fsp3) is 0.200. The fourth-order valence-corrected chi connectivity index (χ4v) is 3.94. The largest absolute Gasteiger partial charge is 0.488 e. The molecule has 0 unspecified atom stereocenters. The number of nitrogens with one attached hydrogen (secondary N) is 1. The van der Waals surface area contributed by atoms with Crippen LogP contribution < -0.4 is 15.0 Å². The van der Waals surface area contributed by atoms with Gasteiger partial charge in [0.15, 0.2) is 0 Å². The molecule has 0 saturated heterocycles. The number of ether oxygens (including phenoxy) is 1. The molecule has 1 aliphatic heterocycles. The normalized spacial score (nSPS) is 12.8. The van der Waals surface area contributed by atoms with Crippen molar-refractivity contribution in [1.82, 2.24) is 0 Å². The van der Waals surface area contributed by atoms with E-state index in [0.717, 1.165) is 36.2 Å². The van der Waals surface area contributed by atoms with Gasteiger partial charge in [-0.3, -0.25) is 9.59 Å². The molecular weight excluding hydrogens is 412 g/mol. The van der Waals surface area contributed by atoms with E-state index in [2.05, 4.69) is 5.32 Å². The lowest BCUT2D eigenvalue weighted by Crippen LogP contribution is -2.33. The highest BCUT2D eigenvalue weighted by Crippen LogP contribution is 2.30. The van der Waals surface area contributed by atoms with Crippen LogP contribution in [0.2, 0.25) is 5.02 Å². The third kappa shape index (κ3) is 4.72. The molecule has 0 saturated carbocycles. The molecule has 0 spiro atoms. The highest BCUT2D eigenvalue weighted by molar-refractivity contribution is 6.31. The average Bonchev–Trinajstić information content (AvgIpc) is 2.78. The van der Waals surface area contributed by atoms with Crippen LogP contribution in [-0.4, -0.2) is 18.4 Å². The first-order valence-corrected chi connectivity index (χ1v) is 10.6. The quantitative estimate of drug-likeness (QED) is 0.579. The second-order valence-corrected chi connectivity index (χ2v) is 7.86. The van der Waals surface area contributed by atoms with E-state index in [0.29, 0.717) is 22.0 Å². The number of nitrogens with zero attached hydrogens (tertiary/aromatic N) is 1. The Hall–Kier alpha value is -3.31. The second-order valence-electron chi connectivity index (χ2n) is 7.45. The molecule has 0 aliphatic carbocycles. The minimum Gasteiger partial charge on any atom is -0.488 e. The van der Waals surface area contributed by atoms with Crippen LogP contribution in [0.25, 0.3) is 0 Å². The lowest BCUT2D eigenvalue weighted by atomic mass is 10.0. The molecule has 158 valence electrons. The molecule has 0 bridgehead atoms. The number of amides is 2. The summed E-state index contributed by atoms with van der Waals surface area (Å²) < 4.78 is 5.90. The summed E-state index contributed by atoms with van der Waals surface area (Å²) in [7, 11) is 0. The van der Waals surface area contributed by atoms with Gasteiger partial charge in [-0.25, -0.2) is 0 Å². The number of carbonyl (C=O) groups is 2. The Balaban J connectivity index is 1.51. The van der Waals surface area contributed by atoms with Gasteiger partial charge >= 0.3 is 0 Å². The average molecular weight is 435 g/mol. The Labute approximate surface area is 186 Å². The smallest absolute Gasteiger partial charge is 0.259 e. The fourth-order valence-electron chi connectivity index (χ4n) is 3.75. The third-order valence-corrected chi connectivity index (χ3v) is 5.68. The number of hydrogen-bond donors (Lipinski definition) is 1. The zero-order valence-electron chi connectivity index (χ0n) is 17.2. The van der Waals surface area contributed by atoms with Crippen LogP contribution >= 0.6 is 11.6 Å². The minimum atomic E-state index is -0.256. The van der Waals surface area contributed by atoms with E-state index in [9.17, 15) is 9.59 Å². The summed E-state index contributed by atoms with van der Waals surface area (Å²) in [6, 6.07) is 20.2. The molecule has 5 nitrogen and oxygen atoms in total. The molecule has 3 aromatic carbocycles. The van der Waals surface area contributed by atoms with Crippen LogP contribution in [0.1, 0.15) is 34.8 Å². The second kappa shape index (κ2) is 9.23. The third-order valence-electron chi connectivity index (χ3n) is 5.31. The van der Waals surface area contributed by atoms with Crippen LogP contribution in [-0.2, 0) is 17.8 Å². The highest BCUT2D eigenvalue weighted by atomic mass is 35.5. The summed E-state index contributed by atoms with van der Waals surface area (Å²) in [4.78, 5) is 26.6. The zero-order valence-corrected chi connectivity index (χ0v) is 18.0. The molecule has 1 heterocycles. The molecule has 1 aliphatic rings. The number of halogens is 1. The topological polar surface area (TPSA) is 58.6 Å². The van der Waals surface area contributed by atoms with E-state index < -0.39 is 0 Å². The first-order chi connectivity index (χ1) is 15.0. The monoisotopic (exact) mass is 434 g/mol. The van der Waals surface area contributed by atoms with E-state index in [1.54, 1.807) is 30.0 Å². The number of rotatable bonds is 5. The van der Waals surface area contributed by atoms with Crippen molar-refractivity contribution in [1.29, 1.82) is 0 Å². The van der Waals surface area contributed by atoms with E-state index in [1.807, 2.05) is 48.5 Å². The Morgan fingerprint density at radius 3 is 2.65 bits per heavy atom. The summed E-state index contributed by atoms with van der Waals surface area (Å²) in [5.74, 6) is 0.261. The predicted octanol–water partition coefficient (Wildman–Crippen LogP) is 5.47. The number of fused-ring (bicyclic) bond motifs is 1. The number of aryl methyl sites for hydroxylation is 1. The van der Waals surface area contributed by atoms with Crippen LogP contribution in [0, 0.1) is 0 Å². The summed E-state index contributed by atoms with van der Waals surface area (Å²) in [6.07, 6.45) is 1.78. The van der Waals surface area contributed by atoms with Crippen molar-refractivity contribution >= 4 is 34.8 Å². The van der Waals surface area contributed by atoms with Crippen molar-refractivity contribution < 1.29 is 14.3 Å². The Kier molecular flexibility index (Phi) is 6.23.